The fourth-order valence-electron chi connectivity index (χ4n) is 1.79. The zero-order valence-corrected chi connectivity index (χ0v) is 10.5. The van der Waals surface area contributed by atoms with Gasteiger partial charge < -0.3 is 15.4 Å². The summed E-state index contributed by atoms with van der Waals surface area (Å²) >= 11 is 0. The Morgan fingerprint density at radius 2 is 2.11 bits per heavy atom. The molecule has 0 unspecified atom stereocenters. The summed E-state index contributed by atoms with van der Waals surface area (Å²) in [7, 11) is 0. The Hall–Kier alpha value is -2.22. The summed E-state index contributed by atoms with van der Waals surface area (Å²) in [5, 5.41) is 11.7. The van der Waals surface area contributed by atoms with Gasteiger partial charge in [-0.2, -0.15) is 0 Å². The number of aromatic amines is 1. The summed E-state index contributed by atoms with van der Waals surface area (Å²) in [6.07, 6.45) is 6.42. The molecule has 0 bridgehead atoms. The molecule has 96 valence electrons. The molecule has 0 spiro atoms. The van der Waals surface area contributed by atoms with Gasteiger partial charge in [-0.15, -0.1) is 12.3 Å². The van der Waals surface area contributed by atoms with Crippen LogP contribution in [-0.2, 0) is 0 Å². The first-order valence-corrected chi connectivity index (χ1v) is 5.63. The molecule has 0 saturated heterocycles. The monoisotopic (exact) mass is 248 g/mol. The molecule has 5 heteroatoms. The number of carbonyl (C=O) groups excluding carboxylic acids is 1. The summed E-state index contributed by atoms with van der Waals surface area (Å²) < 4.78 is 0. The normalized spacial score (nSPS) is 9.83. The van der Waals surface area contributed by atoms with Crippen LogP contribution in [0.4, 0.5) is 0 Å². The van der Waals surface area contributed by atoms with Gasteiger partial charge in [0.15, 0.2) is 0 Å². The van der Waals surface area contributed by atoms with Crippen molar-refractivity contribution in [1.82, 2.24) is 10.3 Å². The van der Waals surface area contributed by atoms with Crippen LogP contribution in [0.3, 0.4) is 0 Å². The topological polar surface area (TPSA) is 82.2 Å². The van der Waals surface area contributed by atoms with Crippen LogP contribution in [-0.4, -0.2) is 28.5 Å². The Balaban J connectivity index is 2.80. The first-order chi connectivity index (χ1) is 8.49. The highest BCUT2D eigenvalue weighted by molar-refractivity contribution is 6.00. The summed E-state index contributed by atoms with van der Waals surface area (Å²) in [5.74, 6) is 1.15. The number of aromatic carboxylic acids is 1. The summed E-state index contributed by atoms with van der Waals surface area (Å²) in [4.78, 5) is 25.5. The third-order valence-electron chi connectivity index (χ3n) is 2.66. The van der Waals surface area contributed by atoms with Gasteiger partial charge in [-0.1, -0.05) is 0 Å². The van der Waals surface area contributed by atoms with E-state index in [1.165, 1.54) is 0 Å². The summed E-state index contributed by atoms with van der Waals surface area (Å²) in [6, 6.07) is 0. The largest absolute Gasteiger partial charge is 0.477 e. The fourth-order valence-corrected chi connectivity index (χ4v) is 1.79. The number of nitrogens with one attached hydrogen (secondary N) is 2. The average molecular weight is 248 g/mol. The minimum Gasteiger partial charge on any atom is -0.477 e. The molecule has 1 aromatic heterocycles. The van der Waals surface area contributed by atoms with Crippen LogP contribution in [0.1, 0.15) is 44.9 Å². The number of carboxylic acids is 1. The van der Waals surface area contributed by atoms with Crippen LogP contribution in [0.2, 0.25) is 0 Å². The van der Waals surface area contributed by atoms with Gasteiger partial charge in [0.1, 0.15) is 5.69 Å². The van der Waals surface area contributed by atoms with Crippen molar-refractivity contribution in [2.75, 3.05) is 6.54 Å². The maximum Gasteiger partial charge on any atom is 0.352 e. The predicted octanol–water partition coefficient (Wildman–Crippen LogP) is 1.47. The SMILES string of the molecule is C#CCCCNC(=O)c1c(C)[nH]c(C(=O)O)c1C. The quantitative estimate of drug-likeness (QED) is 0.545. The number of aromatic nitrogens is 1. The molecule has 1 heterocycles. The van der Waals surface area contributed by atoms with Crippen molar-refractivity contribution in [1.29, 1.82) is 0 Å². The fraction of sp³-hybridized carbons (Fsp3) is 0.385. The smallest absolute Gasteiger partial charge is 0.352 e. The standard InChI is InChI=1S/C13H16N2O3/c1-4-5-6-7-14-12(16)10-8(2)11(13(17)18)15-9(10)3/h1,15H,5-7H2,2-3H3,(H,14,16)(H,17,18). The summed E-state index contributed by atoms with van der Waals surface area (Å²) in [5.41, 5.74) is 1.46. The molecular formula is C13H16N2O3. The number of carboxylic acid groups (broad SMARTS) is 1. The maximum absolute atomic E-state index is 11.9. The Morgan fingerprint density at radius 3 is 2.61 bits per heavy atom. The van der Waals surface area contributed by atoms with E-state index in [9.17, 15) is 9.59 Å². The van der Waals surface area contributed by atoms with Crippen LogP contribution < -0.4 is 5.32 Å². The first kappa shape index (κ1) is 13.8. The molecule has 1 amide bonds. The lowest BCUT2D eigenvalue weighted by atomic mass is 10.1. The van der Waals surface area contributed by atoms with Crippen molar-refractivity contribution in [3.63, 3.8) is 0 Å². The molecule has 5 nitrogen and oxygen atoms in total. The Kier molecular flexibility index (Phi) is 4.55. The van der Waals surface area contributed by atoms with E-state index in [1.807, 2.05) is 0 Å². The molecular weight excluding hydrogens is 232 g/mol. The number of unbranched alkanes of at least 4 members (excludes halogenated alkanes) is 1. The van der Waals surface area contributed by atoms with Crippen LogP contribution in [0.25, 0.3) is 0 Å². The van der Waals surface area contributed by atoms with Crippen LogP contribution in [0.15, 0.2) is 0 Å². The molecule has 0 saturated carbocycles. The van der Waals surface area contributed by atoms with E-state index in [-0.39, 0.29) is 11.6 Å². The predicted molar refractivity (Wildman–Crippen MR) is 67.6 cm³/mol. The van der Waals surface area contributed by atoms with Gasteiger partial charge in [-0.05, 0) is 25.8 Å². The Morgan fingerprint density at radius 1 is 1.44 bits per heavy atom. The first-order valence-electron chi connectivity index (χ1n) is 5.63. The van der Waals surface area contributed by atoms with Crippen molar-refractivity contribution in [3.8, 4) is 12.3 Å². The molecule has 0 fully saturated rings. The van der Waals surface area contributed by atoms with Gasteiger partial charge in [-0.3, -0.25) is 4.79 Å². The van der Waals surface area contributed by atoms with Crippen molar-refractivity contribution < 1.29 is 14.7 Å². The minimum absolute atomic E-state index is 0.0567. The highest BCUT2D eigenvalue weighted by Gasteiger charge is 2.20. The van der Waals surface area contributed by atoms with Crippen LogP contribution in [0.5, 0.6) is 0 Å². The zero-order valence-electron chi connectivity index (χ0n) is 10.5. The Labute approximate surface area is 106 Å². The molecule has 0 aromatic carbocycles. The average Bonchev–Trinajstić information content (AvgIpc) is 2.60. The number of rotatable bonds is 5. The van der Waals surface area contributed by atoms with Gasteiger partial charge in [0, 0.05) is 18.7 Å². The Bertz CT molecular complexity index is 509. The van der Waals surface area contributed by atoms with Crippen molar-refractivity contribution in [3.05, 3.63) is 22.5 Å². The van der Waals surface area contributed by atoms with E-state index >= 15 is 0 Å². The zero-order chi connectivity index (χ0) is 13.7. The molecule has 1 aromatic rings. The number of aryl methyl sites for hydroxylation is 1. The van der Waals surface area contributed by atoms with Crippen molar-refractivity contribution in [2.24, 2.45) is 0 Å². The van der Waals surface area contributed by atoms with Crippen LogP contribution in [0, 0.1) is 26.2 Å². The van der Waals surface area contributed by atoms with E-state index in [1.54, 1.807) is 13.8 Å². The van der Waals surface area contributed by atoms with Gasteiger partial charge in [-0.25, -0.2) is 4.79 Å². The highest BCUT2D eigenvalue weighted by atomic mass is 16.4. The van der Waals surface area contributed by atoms with Crippen molar-refractivity contribution in [2.45, 2.75) is 26.7 Å². The van der Waals surface area contributed by atoms with E-state index in [4.69, 9.17) is 11.5 Å². The van der Waals surface area contributed by atoms with Gasteiger partial charge >= 0.3 is 5.97 Å². The molecule has 0 atom stereocenters. The van der Waals surface area contributed by atoms with Gasteiger partial charge in [0.25, 0.3) is 5.91 Å². The molecule has 0 aliphatic rings. The number of terminal acetylenes is 1. The second kappa shape index (κ2) is 5.92. The minimum atomic E-state index is -1.07. The lowest BCUT2D eigenvalue weighted by Crippen LogP contribution is -2.25. The lowest BCUT2D eigenvalue weighted by molar-refractivity contribution is 0.0690. The second-order valence-electron chi connectivity index (χ2n) is 3.99. The van der Waals surface area contributed by atoms with E-state index in [0.717, 1.165) is 0 Å². The second-order valence-corrected chi connectivity index (χ2v) is 3.99. The third-order valence-corrected chi connectivity index (χ3v) is 2.66. The lowest BCUT2D eigenvalue weighted by Gasteiger charge is -2.04. The van der Waals surface area contributed by atoms with Gasteiger partial charge in [0.2, 0.25) is 0 Å². The molecule has 0 aliphatic heterocycles. The maximum atomic E-state index is 11.9. The van der Waals surface area contributed by atoms with Gasteiger partial charge in [0.05, 0.1) is 5.56 Å². The highest BCUT2D eigenvalue weighted by Crippen LogP contribution is 2.17. The number of H-pyrrole nitrogens is 1. The molecule has 18 heavy (non-hydrogen) atoms. The number of carbonyl (C=O) groups is 2. The van der Waals surface area contributed by atoms with Crippen LogP contribution >= 0.6 is 0 Å². The molecule has 0 radical (unpaired) electrons. The summed E-state index contributed by atoms with van der Waals surface area (Å²) in [6.45, 7) is 3.77. The number of hydrogen-bond acceptors (Lipinski definition) is 2. The number of hydrogen-bond donors (Lipinski definition) is 3. The number of amides is 1. The van der Waals surface area contributed by atoms with Crippen molar-refractivity contribution >= 4 is 11.9 Å². The molecule has 0 aliphatic carbocycles. The van der Waals surface area contributed by atoms with E-state index in [0.29, 0.717) is 36.2 Å². The molecule has 1 rings (SSSR count). The van der Waals surface area contributed by atoms with E-state index < -0.39 is 5.97 Å². The van der Waals surface area contributed by atoms with E-state index in [2.05, 4.69) is 16.2 Å². The third kappa shape index (κ3) is 2.92. The molecule has 3 N–H and O–H groups in total.